The number of rotatable bonds is 3. The zero-order valence-electron chi connectivity index (χ0n) is 15.2. The number of hydrogen-bond acceptors (Lipinski definition) is 4. The van der Waals surface area contributed by atoms with Crippen molar-refractivity contribution in [1.82, 2.24) is 0 Å². The van der Waals surface area contributed by atoms with E-state index in [1.54, 1.807) is 24.3 Å². The molecule has 0 radical (unpaired) electrons. The molecule has 0 spiro atoms. The Kier molecular flexibility index (Phi) is 4.32. The number of allylic oxidation sites excluding steroid dienone is 1. The van der Waals surface area contributed by atoms with E-state index in [9.17, 15) is 9.90 Å². The van der Waals surface area contributed by atoms with Crippen LogP contribution in [0.3, 0.4) is 0 Å². The molecule has 4 rings (SSSR count). The highest BCUT2D eigenvalue weighted by atomic mass is 16.5. The van der Waals surface area contributed by atoms with E-state index >= 15 is 0 Å². The molecule has 0 unspecified atom stereocenters. The number of quaternary nitrogens is 1. The second-order valence-electron chi connectivity index (χ2n) is 7.44. The number of aromatic hydroxyl groups is 1. The number of ketones is 1. The average molecular weight is 354 g/mol. The summed E-state index contributed by atoms with van der Waals surface area (Å²) in [7, 11) is 0. The molecular formula is C21H24NO4+. The van der Waals surface area contributed by atoms with Gasteiger partial charge in [0.05, 0.1) is 24.2 Å². The van der Waals surface area contributed by atoms with Gasteiger partial charge in [0.1, 0.15) is 23.8 Å². The summed E-state index contributed by atoms with van der Waals surface area (Å²) >= 11 is 0. The molecule has 3 heterocycles. The first-order valence-electron chi connectivity index (χ1n) is 9.20. The largest absolute Gasteiger partial charge is 0.507 e. The van der Waals surface area contributed by atoms with Gasteiger partial charge >= 0.3 is 0 Å². The lowest BCUT2D eigenvalue weighted by Crippen LogP contribution is -3.11. The van der Waals surface area contributed by atoms with E-state index in [1.807, 2.05) is 13.0 Å². The summed E-state index contributed by atoms with van der Waals surface area (Å²) in [6.45, 7) is 6.96. The van der Waals surface area contributed by atoms with Crippen molar-refractivity contribution in [3.8, 4) is 11.5 Å². The minimum Gasteiger partial charge on any atom is -0.507 e. The number of carbonyl (C=O) groups is 1. The number of Topliss-reactive ketones (excluding diaryl/α,β-unsaturated/α-hetero) is 1. The molecule has 0 bridgehead atoms. The fraction of sp³-hybridized carbons (Fsp3) is 0.381. The first-order valence-corrected chi connectivity index (χ1v) is 9.20. The number of likely N-dealkylation sites (tertiary alicyclic amines) is 1. The van der Waals surface area contributed by atoms with Crippen LogP contribution in [0.25, 0.3) is 6.08 Å². The molecule has 5 heteroatoms. The van der Waals surface area contributed by atoms with E-state index in [1.165, 1.54) is 17.7 Å². The zero-order chi connectivity index (χ0) is 18.3. The van der Waals surface area contributed by atoms with Crippen molar-refractivity contribution < 1.29 is 24.0 Å². The molecule has 2 aliphatic heterocycles. The van der Waals surface area contributed by atoms with Gasteiger partial charge in [0.25, 0.3) is 0 Å². The normalized spacial score (nSPS) is 23.9. The maximum Gasteiger partial charge on any atom is 0.232 e. The van der Waals surface area contributed by atoms with Crippen molar-refractivity contribution >= 4 is 11.9 Å². The fourth-order valence-corrected chi connectivity index (χ4v) is 3.73. The molecule has 1 fully saturated rings. The summed E-state index contributed by atoms with van der Waals surface area (Å²) in [5, 5.41) is 10.4. The van der Waals surface area contributed by atoms with Crippen LogP contribution < -0.4 is 9.64 Å². The van der Waals surface area contributed by atoms with Crippen molar-refractivity contribution in [3.63, 3.8) is 0 Å². The molecule has 2 N–H and O–H groups in total. The monoisotopic (exact) mass is 354 g/mol. The van der Waals surface area contributed by atoms with Gasteiger partial charge in [0.15, 0.2) is 11.5 Å². The van der Waals surface area contributed by atoms with Crippen molar-refractivity contribution in [2.75, 3.05) is 13.1 Å². The molecule has 1 saturated heterocycles. The molecule has 136 valence electrons. The van der Waals surface area contributed by atoms with Crippen LogP contribution in [0, 0.1) is 12.8 Å². The predicted molar refractivity (Wildman–Crippen MR) is 97.3 cm³/mol. The Bertz CT molecular complexity index is 872. The Labute approximate surface area is 152 Å². The maximum absolute atomic E-state index is 12.7. The maximum atomic E-state index is 12.7. The van der Waals surface area contributed by atoms with Crippen LogP contribution in [0.15, 0.2) is 34.4 Å². The number of phenols is 1. The number of hydrogen-bond donors (Lipinski definition) is 2. The predicted octanol–water partition coefficient (Wildman–Crippen LogP) is 2.72. The van der Waals surface area contributed by atoms with Crippen LogP contribution in [-0.2, 0) is 6.54 Å². The van der Waals surface area contributed by atoms with E-state index in [0.717, 1.165) is 30.3 Å². The van der Waals surface area contributed by atoms with Gasteiger partial charge < -0.3 is 19.2 Å². The Hall–Kier alpha value is -2.53. The van der Waals surface area contributed by atoms with Crippen LogP contribution in [0.2, 0.25) is 0 Å². The second kappa shape index (κ2) is 6.65. The van der Waals surface area contributed by atoms with Crippen LogP contribution in [-0.4, -0.2) is 24.0 Å². The molecule has 0 amide bonds. The Morgan fingerprint density at radius 1 is 1.23 bits per heavy atom. The average Bonchev–Trinajstić information content (AvgIpc) is 3.16. The number of furan rings is 1. The summed E-state index contributed by atoms with van der Waals surface area (Å²) in [6.07, 6.45) is 3.99. The summed E-state index contributed by atoms with van der Waals surface area (Å²) in [5.41, 5.74) is 1.23. The third kappa shape index (κ3) is 3.15. The number of carbonyl (C=O) groups excluding carboxylic acids is 1. The van der Waals surface area contributed by atoms with E-state index in [4.69, 9.17) is 9.15 Å². The quantitative estimate of drug-likeness (QED) is 0.832. The standard InChI is InChI=1S/C21H23NO4/c1-13-7-9-22(10-8-13)12-17-18(23)6-5-16-20(24)19(26-21(16)17)11-15-4-3-14(2)25-15/h3-6,11,13,23H,7-10,12H2,1-2H3/p+1/b19-11+. The van der Waals surface area contributed by atoms with Gasteiger partial charge in [-0.3, -0.25) is 4.79 Å². The molecule has 1 aromatic carbocycles. The van der Waals surface area contributed by atoms with Crippen LogP contribution in [0.1, 0.15) is 47.2 Å². The lowest BCUT2D eigenvalue weighted by Gasteiger charge is -2.27. The summed E-state index contributed by atoms with van der Waals surface area (Å²) in [6, 6.07) is 6.88. The lowest BCUT2D eigenvalue weighted by molar-refractivity contribution is -0.919. The highest BCUT2D eigenvalue weighted by molar-refractivity contribution is 6.14. The van der Waals surface area contributed by atoms with E-state index in [-0.39, 0.29) is 17.3 Å². The van der Waals surface area contributed by atoms with Gasteiger partial charge in [-0.05, 0) is 49.9 Å². The highest BCUT2D eigenvalue weighted by Crippen LogP contribution is 2.39. The lowest BCUT2D eigenvalue weighted by atomic mass is 9.98. The molecule has 0 saturated carbocycles. The summed E-state index contributed by atoms with van der Waals surface area (Å²) < 4.78 is 11.4. The second-order valence-corrected chi connectivity index (χ2v) is 7.44. The zero-order valence-corrected chi connectivity index (χ0v) is 15.2. The number of aryl methyl sites for hydroxylation is 1. The molecule has 5 nitrogen and oxygen atoms in total. The molecule has 1 aromatic heterocycles. The topological polar surface area (TPSA) is 64.1 Å². The Balaban J connectivity index is 1.62. The van der Waals surface area contributed by atoms with Crippen LogP contribution in [0.4, 0.5) is 0 Å². The van der Waals surface area contributed by atoms with E-state index in [2.05, 4.69) is 6.92 Å². The van der Waals surface area contributed by atoms with Crippen molar-refractivity contribution in [2.45, 2.75) is 33.2 Å². The minimum atomic E-state index is -0.169. The van der Waals surface area contributed by atoms with Crippen LogP contribution >= 0.6 is 0 Å². The molecular weight excluding hydrogens is 330 g/mol. The molecule has 2 aromatic rings. The van der Waals surface area contributed by atoms with Gasteiger partial charge in [-0.1, -0.05) is 6.92 Å². The molecule has 0 atom stereocenters. The Morgan fingerprint density at radius 3 is 2.69 bits per heavy atom. The summed E-state index contributed by atoms with van der Waals surface area (Å²) in [4.78, 5) is 14.1. The Morgan fingerprint density at radius 2 is 2.00 bits per heavy atom. The number of phenolic OH excluding ortho intramolecular Hbond substituents is 1. The van der Waals surface area contributed by atoms with Crippen molar-refractivity contribution in [2.24, 2.45) is 5.92 Å². The third-order valence-corrected chi connectivity index (χ3v) is 5.36. The first-order chi connectivity index (χ1) is 12.5. The molecule has 2 aliphatic rings. The van der Waals surface area contributed by atoms with Gasteiger partial charge in [0.2, 0.25) is 5.78 Å². The van der Waals surface area contributed by atoms with Gasteiger partial charge in [-0.2, -0.15) is 0 Å². The first kappa shape index (κ1) is 16.9. The van der Waals surface area contributed by atoms with E-state index in [0.29, 0.717) is 23.6 Å². The smallest absolute Gasteiger partial charge is 0.232 e. The number of ether oxygens (including phenoxy) is 1. The summed E-state index contributed by atoms with van der Waals surface area (Å²) in [5.74, 6) is 2.88. The molecule has 0 aliphatic carbocycles. The van der Waals surface area contributed by atoms with E-state index < -0.39 is 0 Å². The highest BCUT2D eigenvalue weighted by Gasteiger charge is 2.33. The number of nitrogens with one attached hydrogen (secondary N) is 1. The van der Waals surface area contributed by atoms with Gasteiger partial charge in [-0.15, -0.1) is 0 Å². The number of piperidine rings is 1. The van der Waals surface area contributed by atoms with Gasteiger partial charge in [0, 0.05) is 6.08 Å². The molecule has 26 heavy (non-hydrogen) atoms. The minimum absolute atomic E-state index is 0.169. The van der Waals surface area contributed by atoms with Gasteiger partial charge in [-0.25, -0.2) is 0 Å². The fourth-order valence-electron chi connectivity index (χ4n) is 3.73. The van der Waals surface area contributed by atoms with Crippen LogP contribution in [0.5, 0.6) is 11.5 Å². The van der Waals surface area contributed by atoms with Crippen molar-refractivity contribution in [1.29, 1.82) is 0 Å². The third-order valence-electron chi connectivity index (χ3n) is 5.36. The number of fused-ring (bicyclic) bond motifs is 1. The number of benzene rings is 1. The SMILES string of the molecule is Cc1ccc(/C=C2/Oc3c(ccc(O)c3C[NH+]3CCC(C)CC3)C2=O)o1. The van der Waals surface area contributed by atoms with Crippen molar-refractivity contribution in [3.05, 3.63) is 52.7 Å².